The summed E-state index contributed by atoms with van der Waals surface area (Å²) in [4.78, 5) is 115. The number of benzene rings is 3. The SMILES string of the molecule is CCN1C(=O)Cn2c1nc1nc(N3CCC[C@@H](N)C3)n(Cc3cc(F)ccc3C#N)c1c2=O.CCN1C(=O)Cn2c1nc1nc(N3CCC[C@@H](N)C3)n(Cc3cc(F)ccc3C(F)(F)F)c1c2=O.CCN1C(=O)Cn2c1nc1nc(N3CCC[C@@H](N)C3)n(Cc3cc(F)ccc3F)c1c2=O. The number of likely N-dealkylation sites (N-methyl/N-ethyl adjacent to an activating group) is 3. The van der Waals surface area contributed by atoms with E-state index in [0.29, 0.717) is 88.0 Å². The molecule has 6 aliphatic rings. The molecule has 3 fully saturated rings. The number of rotatable bonds is 12. The van der Waals surface area contributed by atoms with E-state index in [4.69, 9.17) is 17.2 Å². The van der Waals surface area contributed by atoms with Crippen molar-refractivity contribution in [3.63, 3.8) is 0 Å². The van der Waals surface area contributed by atoms with Crippen molar-refractivity contribution in [2.75, 3.05) is 88.3 Å². The first-order chi connectivity index (χ1) is 47.9. The third kappa shape index (κ3) is 12.5. The first kappa shape index (κ1) is 67.9. The number of carbonyl (C=O) groups is 3. The highest BCUT2D eigenvalue weighted by Crippen LogP contribution is 2.36. The summed E-state index contributed by atoms with van der Waals surface area (Å²) in [6, 6.07) is 11.2. The molecule has 6 aliphatic heterocycles. The number of piperidine rings is 3. The van der Waals surface area contributed by atoms with Crippen molar-refractivity contribution >= 4 is 86.9 Å². The number of amides is 3. The van der Waals surface area contributed by atoms with Crippen LogP contribution in [0.4, 0.5) is 66.4 Å². The standard InChI is InChI=1S/C22H23F4N7O2.C22H23FN8O2.C21H23F2N7O2/c1-2-31-16(34)11-33-19(35)17-18(29-21(31)33)28-20(30-7-3-4-14(27)10-30)32(17)9-12-8-13(23)5-6-15(12)22(24,25)26;1-2-29-17(32)12-31-20(33)18-19(27-22(29)31)26-21(28-7-3-4-16(25)11-28)30(18)10-14-8-15(23)6-5-13(14)9-24;1-2-28-16(31)11-30-19(32)17-18(26-21(28)30)25-20(27-7-3-4-14(24)10-27)29(17)9-12-8-13(22)5-6-15(12)23/h5-6,8,14H,2-4,7,9-11,27H2,1H3;5-6,8,16H,2-4,7,10-12,25H2,1H3;5-6,8,14H,2-4,7,9-11,24H2,1H3/t14-;16-;14-/m111/s1. The molecule has 15 rings (SSSR count). The molecule has 3 atom stereocenters. The molecule has 3 saturated heterocycles. The highest BCUT2D eigenvalue weighted by atomic mass is 19.4. The molecule has 0 radical (unpaired) electrons. The molecule has 6 N–H and O–H groups in total. The molecule has 0 spiro atoms. The molecule has 0 unspecified atom stereocenters. The van der Waals surface area contributed by atoms with Crippen LogP contribution >= 0.6 is 0 Å². The van der Waals surface area contributed by atoms with Crippen LogP contribution in [-0.2, 0) is 59.8 Å². The Morgan fingerprint density at radius 3 is 1.16 bits per heavy atom. The zero-order valence-electron chi connectivity index (χ0n) is 54.6. The van der Waals surface area contributed by atoms with Crippen LogP contribution in [0.1, 0.15) is 87.1 Å². The maximum atomic E-state index is 14.5. The Balaban J connectivity index is 0.000000135. The second-order valence-corrected chi connectivity index (χ2v) is 25.3. The number of carbonyl (C=O) groups excluding carboxylic acids is 3. The first-order valence-corrected chi connectivity index (χ1v) is 32.8. The minimum atomic E-state index is -4.73. The molecule has 3 amide bonds. The molecular weight excluding hydrogens is 1320 g/mol. The van der Waals surface area contributed by atoms with Crippen molar-refractivity contribution in [3.8, 4) is 6.07 Å². The van der Waals surface area contributed by atoms with Crippen LogP contribution in [-0.4, -0.2) is 152 Å². The first-order valence-electron chi connectivity index (χ1n) is 32.8. The summed E-state index contributed by atoms with van der Waals surface area (Å²) in [5.74, 6) is -1.40. The van der Waals surface area contributed by atoms with Gasteiger partial charge in [-0.1, -0.05) is 0 Å². The lowest BCUT2D eigenvalue weighted by Crippen LogP contribution is -2.44. The Morgan fingerprint density at radius 1 is 0.470 bits per heavy atom. The third-order valence-electron chi connectivity index (χ3n) is 18.7. The Kier molecular flexibility index (Phi) is 18.3. The lowest BCUT2D eigenvalue weighted by atomic mass is 10.1. The number of alkyl halides is 3. The topological polar surface area (TPSA) is 331 Å². The fourth-order valence-electron chi connectivity index (χ4n) is 14.0. The van der Waals surface area contributed by atoms with Crippen LogP contribution in [0.25, 0.3) is 33.5 Å². The van der Waals surface area contributed by atoms with Crippen molar-refractivity contribution in [3.05, 3.63) is 137 Å². The molecule has 6 aromatic heterocycles. The average molecular weight is 1390 g/mol. The third-order valence-corrected chi connectivity index (χ3v) is 18.7. The second-order valence-electron chi connectivity index (χ2n) is 25.3. The summed E-state index contributed by atoms with van der Waals surface area (Å²) in [6.07, 6.45) is 0.269. The monoisotopic (exact) mass is 1390 g/mol. The van der Waals surface area contributed by atoms with Gasteiger partial charge >= 0.3 is 6.18 Å². The highest BCUT2D eigenvalue weighted by molar-refractivity contribution is 5.98. The Bertz CT molecular complexity index is 5020. The van der Waals surface area contributed by atoms with Crippen molar-refractivity contribution in [1.29, 1.82) is 5.26 Å². The summed E-state index contributed by atoms with van der Waals surface area (Å²) in [7, 11) is 0. The second kappa shape index (κ2) is 26.9. The number of hydrogen-bond donors (Lipinski definition) is 3. The summed E-state index contributed by atoms with van der Waals surface area (Å²) >= 11 is 0. The van der Waals surface area contributed by atoms with Gasteiger partial charge in [0.2, 0.25) is 53.4 Å². The predicted octanol–water partition coefficient (Wildman–Crippen LogP) is 4.25. The molecule has 3 aromatic carbocycles. The number of nitrogens with two attached hydrogens (primary N) is 3. The van der Waals surface area contributed by atoms with E-state index in [2.05, 4.69) is 36.0 Å². The molecule has 9 aromatic rings. The summed E-state index contributed by atoms with van der Waals surface area (Å²) in [5.41, 5.74) is 17.2. The van der Waals surface area contributed by atoms with Crippen molar-refractivity contribution < 1.29 is 45.1 Å². The highest BCUT2D eigenvalue weighted by Gasteiger charge is 2.39. The van der Waals surface area contributed by atoms with E-state index < -0.39 is 58.2 Å². The van der Waals surface area contributed by atoms with Gasteiger partial charge in [-0.2, -0.15) is 48.3 Å². The van der Waals surface area contributed by atoms with Gasteiger partial charge in [0.15, 0.2) is 33.5 Å². The van der Waals surface area contributed by atoms with E-state index in [0.717, 1.165) is 68.9 Å². The molecule has 12 heterocycles. The van der Waals surface area contributed by atoms with E-state index >= 15 is 0 Å². The van der Waals surface area contributed by atoms with Crippen LogP contribution in [0.2, 0.25) is 0 Å². The zero-order valence-corrected chi connectivity index (χ0v) is 54.6. The number of halogens is 7. The number of nitriles is 1. The molecule has 100 heavy (non-hydrogen) atoms. The number of anilines is 6. The lowest BCUT2D eigenvalue weighted by Gasteiger charge is -2.32. The largest absolute Gasteiger partial charge is 0.416 e. The maximum absolute atomic E-state index is 14.5. The van der Waals surface area contributed by atoms with Crippen LogP contribution < -0.4 is 63.3 Å². The fraction of sp³-hybridized carbons (Fsp3) is 0.431. The van der Waals surface area contributed by atoms with Gasteiger partial charge in [-0.3, -0.25) is 70.9 Å². The van der Waals surface area contributed by atoms with Gasteiger partial charge in [0.05, 0.1) is 36.8 Å². The number of aromatic nitrogens is 12. The van der Waals surface area contributed by atoms with Crippen LogP contribution in [0.5, 0.6) is 0 Å². The lowest BCUT2D eigenvalue weighted by molar-refractivity contribution is -0.138. The normalized spacial score (nSPS) is 18.4. The smallest absolute Gasteiger partial charge is 0.341 e. The fourth-order valence-corrected chi connectivity index (χ4v) is 14.0. The van der Waals surface area contributed by atoms with Crippen molar-refractivity contribution in [2.24, 2.45) is 17.2 Å². The Morgan fingerprint density at radius 2 is 0.800 bits per heavy atom. The summed E-state index contributed by atoms with van der Waals surface area (Å²) in [6.45, 7) is 8.83. The van der Waals surface area contributed by atoms with Gasteiger partial charge in [0, 0.05) is 82.6 Å². The molecule has 0 bridgehead atoms. The van der Waals surface area contributed by atoms with Crippen LogP contribution in [0.3, 0.4) is 0 Å². The molecular formula is C65H69F7N22O6. The van der Waals surface area contributed by atoms with Gasteiger partial charge in [0.1, 0.15) is 42.9 Å². The molecule has 0 saturated carbocycles. The Labute approximate surface area is 563 Å². The maximum Gasteiger partial charge on any atom is 0.416 e. The van der Waals surface area contributed by atoms with Crippen molar-refractivity contribution in [1.82, 2.24) is 57.3 Å². The van der Waals surface area contributed by atoms with E-state index in [1.807, 2.05) is 16.7 Å². The molecule has 0 aliphatic carbocycles. The quantitative estimate of drug-likeness (QED) is 0.144. The minimum Gasteiger partial charge on any atom is -0.341 e. The van der Waals surface area contributed by atoms with E-state index in [9.17, 15) is 64.8 Å². The summed E-state index contributed by atoms with van der Waals surface area (Å²) < 4.78 is 106. The van der Waals surface area contributed by atoms with Crippen LogP contribution in [0.15, 0.2) is 69.0 Å². The molecule has 28 nitrogen and oxygen atoms in total. The number of nitrogens with zero attached hydrogens (tertiary/aromatic N) is 19. The van der Waals surface area contributed by atoms with Gasteiger partial charge in [-0.15, -0.1) is 0 Å². The van der Waals surface area contributed by atoms with E-state index in [1.165, 1.54) is 51.2 Å². The minimum absolute atomic E-state index is 0.00788. The summed E-state index contributed by atoms with van der Waals surface area (Å²) in [5, 5.41) is 9.53. The molecule has 35 heteroatoms. The Hall–Kier alpha value is -10.6. The zero-order chi connectivity index (χ0) is 70.9. The van der Waals surface area contributed by atoms with E-state index in [1.54, 1.807) is 27.9 Å². The van der Waals surface area contributed by atoms with Crippen LogP contribution in [0, 0.1) is 34.6 Å². The van der Waals surface area contributed by atoms with Gasteiger partial charge in [-0.25, -0.2) is 17.6 Å². The van der Waals surface area contributed by atoms with Gasteiger partial charge in [0.25, 0.3) is 16.7 Å². The molecule has 524 valence electrons. The van der Waals surface area contributed by atoms with Gasteiger partial charge in [-0.05, 0) is 125 Å². The number of imidazole rings is 3. The predicted molar refractivity (Wildman–Crippen MR) is 354 cm³/mol. The number of fused-ring (bicyclic) bond motifs is 6. The van der Waals surface area contributed by atoms with E-state index in [-0.39, 0.29) is 137 Å². The van der Waals surface area contributed by atoms with Crippen molar-refractivity contribution in [2.45, 2.75) is 123 Å². The average Bonchev–Trinajstić information content (AvgIpc) is 1.60. The number of hydrogen-bond acceptors (Lipinski definition) is 19. The van der Waals surface area contributed by atoms with Gasteiger partial charge < -0.3 is 31.9 Å².